The van der Waals surface area contributed by atoms with Crippen molar-refractivity contribution in [2.45, 2.75) is 0 Å². The highest BCUT2D eigenvalue weighted by Crippen LogP contribution is 2.25. The van der Waals surface area contributed by atoms with E-state index in [4.69, 9.17) is 4.42 Å². The normalized spacial score (nSPS) is 11.6. The fourth-order valence-corrected chi connectivity index (χ4v) is 2.90. The molecule has 0 unspecified atom stereocenters. The van der Waals surface area contributed by atoms with Crippen LogP contribution in [0.2, 0.25) is 0 Å². The van der Waals surface area contributed by atoms with Gasteiger partial charge in [0.15, 0.2) is 0 Å². The van der Waals surface area contributed by atoms with Gasteiger partial charge in [-0.2, -0.15) is 0 Å². The topological polar surface area (TPSA) is 94.1 Å². The predicted molar refractivity (Wildman–Crippen MR) is 106 cm³/mol. The van der Waals surface area contributed by atoms with Crippen LogP contribution in [0.25, 0.3) is 29.7 Å². The van der Waals surface area contributed by atoms with E-state index in [1.807, 2.05) is 30.3 Å². The Morgan fingerprint density at radius 2 is 1.86 bits per heavy atom. The zero-order valence-corrected chi connectivity index (χ0v) is 14.7. The Bertz CT molecular complexity index is 1330. The van der Waals surface area contributed by atoms with Crippen LogP contribution < -0.4 is 16.1 Å². The zero-order chi connectivity index (χ0) is 19.7. The summed E-state index contributed by atoms with van der Waals surface area (Å²) in [6.07, 6.45) is 1.60. The third kappa shape index (κ3) is 3.16. The van der Waals surface area contributed by atoms with Gasteiger partial charge in [0.2, 0.25) is 0 Å². The van der Waals surface area contributed by atoms with Crippen molar-refractivity contribution in [3.05, 3.63) is 104 Å². The first-order valence-corrected chi connectivity index (χ1v) is 8.45. The van der Waals surface area contributed by atoms with Crippen LogP contribution in [0, 0.1) is 10.1 Å². The van der Waals surface area contributed by atoms with E-state index in [-0.39, 0.29) is 11.2 Å². The molecule has 7 heteroatoms. The Morgan fingerprint density at radius 1 is 1.07 bits per heavy atom. The highest BCUT2D eigenvalue weighted by Gasteiger charge is 2.10. The van der Waals surface area contributed by atoms with Gasteiger partial charge in [-0.05, 0) is 30.3 Å². The summed E-state index contributed by atoms with van der Waals surface area (Å²) in [7, 11) is 0. The molecular weight excluding hydrogens is 358 g/mol. The van der Waals surface area contributed by atoms with Gasteiger partial charge in [-0.15, -0.1) is 0 Å². The maximum atomic E-state index is 12.7. The summed E-state index contributed by atoms with van der Waals surface area (Å²) in [5, 5.41) is 14.7. The third-order valence-electron chi connectivity index (χ3n) is 4.27. The number of hydrogen-bond donors (Lipinski definition) is 1. The summed E-state index contributed by atoms with van der Waals surface area (Å²) in [5.74, 6) is 0.919. The lowest BCUT2D eigenvalue weighted by atomic mass is 10.1. The van der Waals surface area contributed by atoms with E-state index in [1.54, 1.807) is 30.3 Å². The molecule has 0 amide bonds. The Morgan fingerprint density at radius 3 is 2.61 bits per heavy atom. The van der Waals surface area contributed by atoms with E-state index in [9.17, 15) is 14.9 Å². The van der Waals surface area contributed by atoms with E-state index < -0.39 is 4.92 Å². The van der Waals surface area contributed by atoms with Crippen molar-refractivity contribution in [1.29, 1.82) is 0 Å². The first kappa shape index (κ1) is 17.3. The fourth-order valence-electron chi connectivity index (χ4n) is 2.90. The maximum absolute atomic E-state index is 12.7. The van der Waals surface area contributed by atoms with Gasteiger partial charge in [-0.25, -0.2) is 4.68 Å². The van der Waals surface area contributed by atoms with Gasteiger partial charge >= 0.3 is 0 Å². The van der Waals surface area contributed by atoms with Crippen molar-refractivity contribution in [3.63, 3.8) is 0 Å². The molecular formula is C21H15N3O4. The Kier molecular flexibility index (Phi) is 4.25. The minimum atomic E-state index is -0.458. The summed E-state index contributed by atoms with van der Waals surface area (Å²) in [5.41, 5.74) is 1.02. The number of nitro benzene ring substituents is 1. The van der Waals surface area contributed by atoms with Crippen molar-refractivity contribution >= 4 is 18.3 Å². The monoisotopic (exact) mass is 373 g/mol. The lowest BCUT2D eigenvalue weighted by molar-refractivity contribution is -0.384. The number of furan rings is 1. The number of aromatic amines is 1. The van der Waals surface area contributed by atoms with Crippen molar-refractivity contribution in [3.8, 4) is 17.0 Å². The first-order chi connectivity index (χ1) is 13.5. The standard InChI is InChI=1S/C21H15N3O4/c1-14-19(21(25)23(22-14)16-7-3-2-4-8-16)13-18-10-11-20(28-18)15-6-5-9-17(12-15)24(26)27/h2-13,22H,1H2/b19-13-. The quantitative estimate of drug-likeness (QED) is 0.439. The number of aromatic nitrogens is 2. The summed E-state index contributed by atoms with van der Waals surface area (Å²) in [6, 6.07) is 18.8. The van der Waals surface area contributed by atoms with E-state index >= 15 is 0 Å². The second kappa shape index (κ2) is 6.88. The summed E-state index contributed by atoms with van der Waals surface area (Å²) in [6.45, 7) is 3.90. The van der Waals surface area contributed by atoms with Crippen molar-refractivity contribution < 1.29 is 9.34 Å². The smallest absolute Gasteiger partial charge is 0.279 e. The van der Waals surface area contributed by atoms with Gasteiger partial charge in [0.1, 0.15) is 11.5 Å². The molecule has 4 aromatic rings. The largest absolute Gasteiger partial charge is 0.457 e. The SMILES string of the molecule is C=c1[nH]n(-c2ccccc2)c(=O)/c1=C\c1ccc(-c2cccc([N+](=O)[O-])c2)o1. The lowest BCUT2D eigenvalue weighted by Gasteiger charge is -1.98. The Labute approximate surface area is 158 Å². The molecule has 0 aliphatic carbocycles. The summed E-state index contributed by atoms with van der Waals surface area (Å²) >= 11 is 0. The second-order valence-electron chi connectivity index (χ2n) is 6.13. The highest BCUT2D eigenvalue weighted by atomic mass is 16.6. The molecule has 0 bridgehead atoms. The minimum Gasteiger partial charge on any atom is -0.457 e. The molecule has 2 aromatic carbocycles. The van der Waals surface area contributed by atoms with Crippen LogP contribution in [0.4, 0.5) is 5.69 Å². The van der Waals surface area contributed by atoms with Gasteiger partial charge in [-0.3, -0.25) is 20.0 Å². The van der Waals surface area contributed by atoms with Gasteiger partial charge in [0, 0.05) is 17.7 Å². The summed E-state index contributed by atoms with van der Waals surface area (Å²) < 4.78 is 7.18. The number of nitrogens with one attached hydrogen (secondary N) is 1. The summed E-state index contributed by atoms with van der Waals surface area (Å²) in [4.78, 5) is 23.2. The molecule has 0 atom stereocenters. The Hall–Kier alpha value is -4.13. The van der Waals surface area contributed by atoms with Gasteiger partial charge in [0.05, 0.1) is 21.2 Å². The van der Waals surface area contributed by atoms with Gasteiger partial charge in [-0.1, -0.05) is 36.9 Å². The molecule has 0 radical (unpaired) electrons. The maximum Gasteiger partial charge on any atom is 0.279 e. The molecule has 0 spiro atoms. The molecule has 4 rings (SSSR count). The van der Waals surface area contributed by atoms with Crippen LogP contribution in [0.15, 0.2) is 75.9 Å². The van der Waals surface area contributed by atoms with Crippen LogP contribution >= 0.6 is 0 Å². The second-order valence-corrected chi connectivity index (χ2v) is 6.13. The number of para-hydroxylation sites is 1. The average Bonchev–Trinajstić information content (AvgIpc) is 3.29. The van der Waals surface area contributed by atoms with Crippen molar-refractivity contribution in [1.82, 2.24) is 9.78 Å². The number of rotatable bonds is 4. The van der Waals surface area contributed by atoms with Crippen molar-refractivity contribution in [2.24, 2.45) is 0 Å². The molecule has 0 aliphatic heterocycles. The van der Waals surface area contributed by atoms with E-state index in [0.717, 1.165) is 0 Å². The van der Waals surface area contributed by atoms with E-state index in [2.05, 4.69) is 11.7 Å². The molecule has 138 valence electrons. The number of hydrogen-bond acceptors (Lipinski definition) is 4. The molecule has 0 fully saturated rings. The number of non-ortho nitro benzene ring substituents is 1. The van der Waals surface area contributed by atoms with Gasteiger partial charge < -0.3 is 4.42 Å². The third-order valence-corrected chi connectivity index (χ3v) is 4.27. The predicted octanol–water partition coefficient (Wildman–Crippen LogP) is 2.57. The molecule has 0 saturated heterocycles. The van der Waals surface area contributed by atoms with Crippen LogP contribution in [-0.2, 0) is 0 Å². The fraction of sp³-hybridized carbons (Fsp3) is 0. The minimum absolute atomic E-state index is 0.0177. The number of nitro groups is 1. The Balaban J connectivity index is 1.75. The molecule has 2 heterocycles. The number of benzene rings is 2. The van der Waals surface area contributed by atoms with Crippen LogP contribution in [-0.4, -0.2) is 14.7 Å². The van der Waals surface area contributed by atoms with E-state index in [0.29, 0.717) is 33.3 Å². The number of nitrogens with zero attached hydrogens (tertiary/aromatic N) is 2. The number of H-pyrrole nitrogens is 1. The molecule has 1 N–H and O–H groups in total. The molecule has 2 aromatic heterocycles. The molecule has 0 saturated carbocycles. The lowest BCUT2D eigenvalue weighted by Crippen LogP contribution is -2.33. The average molecular weight is 373 g/mol. The molecule has 28 heavy (non-hydrogen) atoms. The van der Waals surface area contributed by atoms with E-state index in [1.165, 1.54) is 16.8 Å². The van der Waals surface area contributed by atoms with Crippen molar-refractivity contribution in [2.75, 3.05) is 0 Å². The first-order valence-electron chi connectivity index (χ1n) is 8.45. The van der Waals surface area contributed by atoms with Crippen LogP contribution in [0.1, 0.15) is 5.76 Å². The van der Waals surface area contributed by atoms with Crippen LogP contribution in [0.5, 0.6) is 0 Å². The molecule has 0 aliphatic rings. The zero-order valence-electron chi connectivity index (χ0n) is 14.7. The highest BCUT2D eigenvalue weighted by molar-refractivity contribution is 5.62. The van der Waals surface area contributed by atoms with Crippen LogP contribution in [0.3, 0.4) is 0 Å². The van der Waals surface area contributed by atoms with Gasteiger partial charge in [0.25, 0.3) is 11.2 Å². The molecule has 7 nitrogen and oxygen atoms in total.